The molecule has 0 saturated heterocycles. The first-order valence-electron chi connectivity index (χ1n) is 12.4. The number of carbonyl (C=O) groups excluding carboxylic acids is 2. The molecule has 1 aliphatic heterocycles. The van der Waals surface area contributed by atoms with Gasteiger partial charge in [0.05, 0.1) is 24.3 Å². The molecule has 4 rings (SSSR count). The number of anilines is 1. The minimum Gasteiger partial charge on any atom is -0.491 e. The van der Waals surface area contributed by atoms with E-state index in [1.54, 1.807) is 0 Å². The van der Waals surface area contributed by atoms with Gasteiger partial charge >= 0.3 is 12.5 Å². The molecule has 0 fully saturated rings. The van der Waals surface area contributed by atoms with E-state index in [-0.39, 0.29) is 33.1 Å². The predicted octanol–water partition coefficient (Wildman–Crippen LogP) is 5.63. The number of rotatable bonds is 7. The number of hydrogen-bond acceptors (Lipinski definition) is 5. The number of aromatic nitrogens is 1. The summed E-state index contributed by atoms with van der Waals surface area (Å²) >= 11 is 6.08. The molecule has 3 aromatic rings. The normalized spacial score (nSPS) is 15.8. The zero-order valence-corrected chi connectivity index (χ0v) is 22.4. The highest BCUT2D eigenvalue weighted by Crippen LogP contribution is 2.40. The molecular formula is C27H21ClF7N3O5. The van der Waals surface area contributed by atoms with E-state index in [1.165, 1.54) is 18.2 Å². The van der Waals surface area contributed by atoms with Crippen LogP contribution in [0.2, 0.25) is 5.02 Å². The summed E-state index contributed by atoms with van der Waals surface area (Å²) in [4.78, 5) is 37.8. The second-order valence-electron chi connectivity index (χ2n) is 9.50. The number of halogens is 8. The molecule has 230 valence electrons. The first kappa shape index (κ1) is 31.8. The second kappa shape index (κ2) is 12.2. The number of hydrogen-bond donors (Lipinski definition) is 2. The Morgan fingerprint density at radius 3 is 2.44 bits per heavy atom. The van der Waals surface area contributed by atoms with Gasteiger partial charge in [0.15, 0.2) is 0 Å². The Hall–Kier alpha value is -4.11. The maximum atomic E-state index is 14.2. The van der Waals surface area contributed by atoms with Crippen molar-refractivity contribution in [3.63, 3.8) is 0 Å². The number of nitrogens with zero attached hydrogens (tertiary/aromatic N) is 1. The third kappa shape index (κ3) is 7.65. The van der Waals surface area contributed by atoms with Crippen LogP contribution in [0.1, 0.15) is 28.4 Å². The summed E-state index contributed by atoms with van der Waals surface area (Å²) in [7, 11) is 0. The lowest BCUT2D eigenvalue weighted by Gasteiger charge is -2.27. The molecular weight excluding hydrogens is 615 g/mol. The van der Waals surface area contributed by atoms with Crippen LogP contribution in [0.4, 0.5) is 36.4 Å². The number of benzene rings is 2. The molecule has 2 atom stereocenters. The van der Waals surface area contributed by atoms with E-state index < -0.39 is 79.3 Å². The molecule has 2 heterocycles. The van der Waals surface area contributed by atoms with E-state index in [9.17, 15) is 45.1 Å². The van der Waals surface area contributed by atoms with Crippen LogP contribution in [0, 0.1) is 11.7 Å². The molecule has 8 nitrogen and oxygen atoms in total. The summed E-state index contributed by atoms with van der Waals surface area (Å²) in [5, 5.41) is 2.39. The summed E-state index contributed by atoms with van der Waals surface area (Å²) in [5.41, 5.74) is 3.81. The highest BCUT2D eigenvalue weighted by atomic mass is 35.5. The van der Waals surface area contributed by atoms with Gasteiger partial charge in [-0.15, -0.1) is 13.2 Å². The smallest absolute Gasteiger partial charge is 0.491 e. The Morgan fingerprint density at radius 1 is 1.09 bits per heavy atom. The number of pyridine rings is 1. The molecule has 0 aliphatic carbocycles. The van der Waals surface area contributed by atoms with Crippen molar-refractivity contribution in [2.75, 3.05) is 18.5 Å². The fourth-order valence-electron chi connectivity index (χ4n) is 4.50. The molecule has 1 aromatic heterocycles. The molecule has 2 amide bonds. The van der Waals surface area contributed by atoms with Gasteiger partial charge in [0.2, 0.25) is 5.91 Å². The van der Waals surface area contributed by atoms with Crippen molar-refractivity contribution in [2.24, 2.45) is 11.7 Å². The van der Waals surface area contributed by atoms with Crippen LogP contribution in [0.5, 0.6) is 5.75 Å². The summed E-state index contributed by atoms with van der Waals surface area (Å²) in [5.74, 6) is -5.55. The molecule has 1 unspecified atom stereocenters. The molecule has 2 aromatic carbocycles. The maximum absolute atomic E-state index is 14.2. The number of ether oxygens (including phenoxy) is 2. The zero-order valence-electron chi connectivity index (χ0n) is 21.7. The van der Waals surface area contributed by atoms with Gasteiger partial charge < -0.3 is 15.8 Å². The van der Waals surface area contributed by atoms with Crippen LogP contribution < -0.4 is 21.3 Å². The monoisotopic (exact) mass is 635 g/mol. The summed E-state index contributed by atoms with van der Waals surface area (Å²) < 4.78 is 104. The Kier molecular flexibility index (Phi) is 9.06. The van der Waals surface area contributed by atoms with Crippen LogP contribution in [-0.4, -0.2) is 42.1 Å². The van der Waals surface area contributed by atoms with Crippen molar-refractivity contribution in [3.8, 4) is 16.9 Å². The Bertz CT molecular complexity index is 1610. The average Bonchev–Trinajstić information content (AvgIpc) is 2.88. The Labute approximate surface area is 243 Å². The molecule has 0 spiro atoms. The summed E-state index contributed by atoms with van der Waals surface area (Å²) in [6.07, 6.45) is -10.1. The van der Waals surface area contributed by atoms with Crippen LogP contribution in [-0.2, 0) is 16.0 Å². The number of carbonyl (C=O) groups is 2. The standard InChI is InChI=1S/C27H21ClF7N3O5/c28-15-2-1-13-7-14(26(30,31)32)12-42-22-11-38(23(39)10-19(22)18(13)8-15)21(5-6-43-27(33,34)35)25(41)37-16-3-4-17(24(36)40)20(29)9-16/h1-4,8-11,14,21H,5-7,12H2,(H2,36,40)(H,37,41)/t14-,21?/m1/s1. The Balaban J connectivity index is 1.77. The van der Waals surface area contributed by atoms with Gasteiger partial charge in [-0.05, 0) is 47.9 Å². The summed E-state index contributed by atoms with van der Waals surface area (Å²) in [6.45, 7) is -1.97. The van der Waals surface area contributed by atoms with E-state index >= 15 is 0 Å². The first-order chi connectivity index (χ1) is 20.0. The van der Waals surface area contributed by atoms with Gasteiger partial charge in [0.25, 0.3) is 11.5 Å². The van der Waals surface area contributed by atoms with Crippen molar-refractivity contribution in [3.05, 3.63) is 81.0 Å². The van der Waals surface area contributed by atoms with Crippen molar-refractivity contribution >= 4 is 29.1 Å². The molecule has 0 bridgehead atoms. The van der Waals surface area contributed by atoms with Crippen LogP contribution in [0.15, 0.2) is 53.5 Å². The van der Waals surface area contributed by atoms with Crippen molar-refractivity contribution in [1.82, 2.24) is 4.57 Å². The fraction of sp³-hybridized carbons (Fsp3) is 0.296. The van der Waals surface area contributed by atoms with Crippen LogP contribution in [0.25, 0.3) is 11.1 Å². The minimum absolute atomic E-state index is 0.0502. The Morgan fingerprint density at radius 2 is 1.81 bits per heavy atom. The van der Waals surface area contributed by atoms with E-state index in [0.717, 1.165) is 30.5 Å². The number of nitrogens with two attached hydrogens (primary N) is 1. The lowest BCUT2D eigenvalue weighted by Crippen LogP contribution is -2.35. The number of amides is 2. The van der Waals surface area contributed by atoms with Crippen molar-refractivity contribution < 1.29 is 49.8 Å². The third-order valence-electron chi connectivity index (χ3n) is 6.57. The van der Waals surface area contributed by atoms with Crippen molar-refractivity contribution in [1.29, 1.82) is 0 Å². The summed E-state index contributed by atoms with van der Waals surface area (Å²) in [6, 6.07) is 6.10. The topological polar surface area (TPSA) is 113 Å². The molecule has 0 saturated carbocycles. The molecule has 3 N–H and O–H groups in total. The highest BCUT2D eigenvalue weighted by Gasteiger charge is 2.41. The van der Waals surface area contributed by atoms with Crippen LogP contribution in [0.3, 0.4) is 0 Å². The van der Waals surface area contributed by atoms with E-state index in [1.807, 2.05) is 0 Å². The lowest BCUT2D eigenvalue weighted by molar-refractivity contribution is -0.325. The maximum Gasteiger partial charge on any atom is 0.522 e. The fourth-order valence-corrected chi connectivity index (χ4v) is 4.67. The number of alkyl halides is 6. The molecule has 0 radical (unpaired) electrons. The lowest BCUT2D eigenvalue weighted by atomic mass is 9.91. The molecule has 16 heteroatoms. The SMILES string of the molecule is NC(=O)c1ccc(NC(=O)C(CCOC(F)(F)F)n2cc3c(cc2=O)-c2cc(Cl)ccc2C[C@@H](C(F)(F)F)CO3)cc1F. The molecule has 1 aliphatic rings. The third-order valence-corrected chi connectivity index (χ3v) is 6.81. The minimum atomic E-state index is -5.08. The largest absolute Gasteiger partial charge is 0.522 e. The van der Waals surface area contributed by atoms with Gasteiger partial charge in [-0.2, -0.15) is 13.2 Å². The van der Waals surface area contributed by atoms with Gasteiger partial charge in [0.1, 0.15) is 24.2 Å². The number of nitrogens with one attached hydrogen (secondary N) is 1. The van der Waals surface area contributed by atoms with Gasteiger partial charge in [-0.25, -0.2) is 4.39 Å². The number of fused-ring (bicyclic) bond motifs is 3. The van der Waals surface area contributed by atoms with Gasteiger partial charge in [-0.1, -0.05) is 17.7 Å². The number of primary amides is 1. The average molecular weight is 636 g/mol. The van der Waals surface area contributed by atoms with Crippen LogP contribution >= 0.6 is 11.6 Å². The van der Waals surface area contributed by atoms with E-state index in [4.69, 9.17) is 22.1 Å². The predicted molar refractivity (Wildman–Crippen MR) is 139 cm³/mol. The van der Waals surface area contributed by atoms with Gasteiger partial charge in [0, 0.05) is 28.8 Å². The molecule has 43 heavy (non-hydrogen) atoms. The van der Waals surface area contributed by atoms with E-state index in [2.05, 4.69) is 10.1 Å². The van der Waals surface area contributed by atoms with Crippen molar-refractivity contribution in [2.45, 2.75) is 31.4 Å². The van der Waals surface area contributed by atoms with Gasteiger partial charge in [-0.3, -0.25) is 23.7 Å². The van der Waals surface area contributed by atoms with E-state index in [0.29, 0.717) is 4.57 Å². The second-order valence-corrected chi connectivity index (χ2v) is 9.94. The zero-order chi connectivity index (χ0) is 31.7. The highest BCUT2D eigenvalue weighted by molar-refractivity contribution is 6.30. The quantitative estimate of drug-likeness (QED) is 0.327. The first-order valence-corrected chi connectivity index (χ1v) is 12.8.